The largest absolute Gasteiger partial charge is 0.308 e. The van der Waals surface area contributed by atoms with E-state index in [9.17, 15) is 2.74 Å². The van der Waals surface area contributed by atoms with Crippen molar-refractivity contribution in [1.29, 1.82) is 0 Å². The molecule has 0 amide bonds. The summed E-state index contributed by atoms with van der Waals surface area (Å²) in [6.07, 6.45) is 0. The van der Waals surface area contributed by atoms with Gasteiger partial charge in [0.25, 0.3) is 0 Å². The number of nitrogens with zero attached hydrogens (tertiary/aromatic N) is 4. The molecule has 4 aromatic heterocycles. The normalized spacial score (nSPS) is 13.0. The molecule has 0 aliphatic carbocycles. The zero-order chi connectivity index (χ0) is 77.7. The van der Waals surface area contributed by atoms with E-state index in [0.717, 1.165) is 133 Å². The standard InChI is InChI=1S/C102H82N4S2/c1-100(2,3)70-57-69(58-71(61-70)101(4,5)6)67-31-25-32-74(59-67)104(98-77(68-53-56-95-86(60-68)82-37-17-23-48-93(82)107-95)39-26-46-91(98)105-87-42-19-13-33-78(87)79-34-14-20-43-88(79)105)76-63-72(102(7,8)9)62-75(64-76)103(73-54-51-66(52-55-73)65-29-11-10-12-30-65)99-84(83-40-28-50-96-97(83)85-38-18-24-49-94(85)108-96)41-27-47-92(99)106-89-44-21-15-35-80(89)81-36-16-22-45-90(81)106/h10-64H,1-9H3/i10D,11D,12D,29D,30D. The van der Waals surface area contributed by atoms with Crippen molar-refractivity contribution in [1.82, 2.24) is 9.13 Å². The van der Waals surface area contributed by atoms with Crippen molar-refractivity contribution in [2.24, 2.45) is 0 Å². The molecule has 0 N–H and O–H groups in total. The maximum Gasteiger partial charge on any atom is 0.0781 e. The lowest BCUT2D eigenvalue weighted by Crippen LogP contribution is -2.20. The summed E-state index contributed by atoms with van der Waals surface area (Å²) in [5, 5.41) is 9.31. The summed E-state index contributed by atoms with van der Waals surface area (Å²) in [4.78, 5) is 5.00. The van der Waals surface area contributed by atoms with Crippen molar-refractivity contribution in [2.45, 2.75) is 78.6 Å². The minimum atomic E-state index is -0.484. The SMILES string of the molecule is [2H]c1c([2H])c([2H])c(-c2ccc(N(c3cc(N(c4cccc(-c5cc(C(C)(C)C)cc(C(C)(C)C)c5)c4)c4c(-c5ccc6sc7ccccc7c6c5)cccc4-n4c5ccccc5c5ccccc54)cc(C(C)(C)C)c3)c3c(-c4cccc5sc6ccccc6c45)cccc3-n3c4ccccc4c4ccccc43)cc2)c([2H])c1[2H]. The van der Waals surface area contributed by atoms with E-state index in [1.165, 1.54) is 46.1 Å². The van der Waals surface area contributed by atoms with Crippen LogP contribution in [0.4, 0.5) is 34.1 Å². The van der Waals surface area contributed by atoms with Gasteiger partial charge < -0.3 is 18.9 Å². The summed E-state index contributed by atoms with van der Waals surface area (Å²) in [5.41, 5.74) is 21.4. The molecule has 15 aromatic carbocycles. The minimum absolute atomic E-state index is 0.134. The van der Waals surface area contributed by atoms with Crippen LogP contribution in [0, 0.1) is 0 Å². The number of aromatic nitrogens is 2. The molecule has 19 aromatic rings. The van der Waals surface area contributed by atoms with Crippen LogP contribution in [0.5, 0.6) is 0 Å². The topological polar surface area (TPSA) is 16.3 Å². The van der Waals surface area contributed by atoms with Crippen LogP contribution in [0.3, 0.4) is 0 Å². The first kappa shape index (κ1) is 61.1. The van der Waals surface area contributed by atoms with E-state index in [-0.39, 0.29) is 40.6 Å². The number of hydrogen-bond donors (Lipinski definition) is 0. The van der Waals surface area contributed by atoms with E-state index in [4.69, 9.17) is 4.11 Å². The van der Waals surface area contributed by atoms with Crippen molar-refractivity contribution >= 4 is 141 Å². The van der Waals surface area contributed by atoms with Gasteiger partial charge in [0.05, 0.1) is 51.7 Å². The first-order valence-corrected chi connectivity index (χ1v) is 38.9. The Bertz CT molecular complexity index is 6930. The number of rotatable bonds is 12. The summed E-state index contributed by atoms with van der Waals surface area (Å²) >= 11 is 3.63. The fourth-order valence-corrected chi connectivity index (χ4v) is 18.6. The van der Waals surface area contributed by atoms with E-state index in [0.29, 0.717) is 5.56 Å². The third-order valence-electron chi connectivity index (χ3n) is 21.8. The summed E-state index contributed by atoms with van der Waals surface area (Å²) in [6, 6.07) is 110. The molecule has 0 saturated carbocycles. The van der Waals surface area contributed by atoms with Crippen molar-refractivity contribution < 1.29 is 6.85 Å². The van der Waals surface area contributed by atoms with Gasteiger partial charge in [-0.25, -0.2) is 0 Å². The Morgan fingerprint density at radius 3 is 1.28 bits per heavy atom. The second-order valence-corrected chi connectivity index (χ2v) is 33.9. The molecule has 0 aliphatic heterocycles. The highest BCUT2D eigenvalue weighted by atomic mass is 32.1. The zero-order valence-electron chi connectivity index (χ0n) is 67.0. The smallest absolute Gasteiger partial charge is 0.0781 e. The molecule has 19 rings (SSSR count). The molecule has 0 atom stereocenters. The molecule has 4 nitrogen and oxygen atoms in total. The fraction of sp³-hybridized carbons (Fsp3) is 0.118. The Balaban J connectivity index is 0.976. The highest BCUT2D eigenvalue weighted by molar-refractivity contribution is 7.26. The third kappa shape index (κ3) is 11.4. The predicted octanol–water partition coefficient (Wildman–Crippen LogP) is 30.1. The predicted molar refractivity (Wildman–Crippen MR) is 468 cm³/mol. The Morgan fingerprint density at radius 2 is 0.704 bits per heavy atom. The van der Waals surface area contributed by atoms with Crippen LogP contribution >= 0.6 is 22.7 Å². The maximum absolute atomic E-state index is 9.35. The van der Waals surface area contributed by atoms with Crippen molar-refractivity contribution in [3.8, 4) is 55.9 Å². The molecule has 6 heteroatoms. The minimum Gasteiger partial charge on any atom is -0.308 e. The molecule has 4 heterocycles. The van der Waals surface area contributed by atoms with Crippen molar-refractivity contribution in [3.05, 3.63) is 350 Å². The summed E-state index contributed by atoms with van der Waals surface area (Å²) in [5.74, 6) is 0. The average molecular weight is 1430 g/mol. The number of hydrogen-bond acceptors (Lipinski definition) is 4. The van der Waals surface area contributed by atoms with Gasteiger partial charge in [0.1, 0.15) is 0 Å². The quantitative estimate of drug-likeness (QED) is 0.121. The van der Waals surface area contributed by atoms with Gasteiger partial charge in [0.15, 0.2) is 0 Å². The number of benzene rings is 15. The molecule has 522 valence electrons. The zero-order valence-corrected chi connectivity index (χ0v) is 63.6. The van der Waals surface area contributed by atoms with Gasteiger partial charge in [0, 0.05) is 95.8 Å². The second kappa shape index (κ2) is 25.9. The number of thiophene rings is 2. The van der Waals surface area contributed by atoms with Gasteiger partial charge in [0.2, 0.25) is 0 Å². The van der Waals surface area contributed by atoms with Gasteiger partial charge >= 0.3 is 0 Å². The van der Waals surface area contributed by atoms with Gasteiger partial charge in [-0.05, 0) is 176 Å². The Labute approximate surface area is 646 Å². The molecule has 0 saturated heterocycles. The summed E-state index contributed by atoms with van der Waals surface area (Å²) in [6.45, 7) is 20.8. The monoisotopic (exact) mass is 1430 g/mol. The third-order valence-corrected chi connectivity index (χ3v) is 24.1. The van der Waals surface area contributed by atoms with E-state index in [2.05, 4.69) is 372 Å². The van der Waals surface area contributed by atoms with Crippen LogP contribution in [-0.4, -0.2) is 9.13 Å². The molecular weight excluding hydrogens is 1350 g/mol. The highest BCUT2D eigenvalue weighted by Gasteiger charge is 2.32. The molecule has 0 radical (unpaired) electrons. The van der Waals surface area contributed by atoms with Crippen LogP contribution in [0.1, 0.15) is 85.9 Å². The maximum atomic E-state index is 9.35. The molecule has 0 fully saturated rings. The average Bonchev–Trinajstić information content (AvgIpc) is 1.69. The molecule has 0 aliphatic rings. The second-order valence-electron chi connectivity index (χ2n) is 31.7. The van der Waals surface area contributed by atoms with Gasteiger partial charge in [-0.3, -0.25) is 0 Å². The number of anilines is 6. The van der Waals surface area contributed by atoms with E-state index in [1.54, 1.807) is 11.3 Å². The molecule has 0 bridgehead atoms. The van der Waals surface area contributed by atoms with Gasteiger partial charge in [-0.2, -0.15) is 0 Å². The number of para-hydroxylation sites is 6. The Kier molecular flexibility index (Phi) is 14.6. The summed E-state index contributed by atoms with van der Waals surface area (Å²) in [7, 11) is 0. The lowest BCUT2D eigenvalue weighted by molar-refractivity contribution is 0.569. The first-order chi connectivity index (χ1) is 54.5. The Hall–Kier alpha value is -12.1. The van der Waals surface area contributed by atoms with Crippen LogP contribution in [-0.2, 0) is 16.2 Å². The molecular formula is C102H82N4S2. The van der Waals surface area contributed by atoms with Crippen LogP contribution < -0.4 is 9.80 Å². The fourth-order valence-electron chi connectivity index (χ4n) is 16.4. The number of fused-ring (bicyclic) bond motifs is 12. The molecule has 0 unspecified atom stereocenters. The highest BCUT2D eigenvalue weighted by Crippen LogP contribution is 2.55. The van der Waals surface area contributed by atoms with E-state index in [1.807, 2.05) is 23.5 Å². The van der Waals surface area contributed by atoms with Crippen molar-refractivity contribution in [2.75, 3.05) is 9.80 Å². The van der Waals surface area contributed by atoms with E-state index >= 15 is 0 Å². The summed E-state index contributed by atoms with van der Waals surface area (Å²) < 4.78 is 55.0. The van der Waals surface area contributed by atoms with Crippen molar-refractivity contribution in [3.63, 3.8) is 0 Å². The van der Waals surface area contributed by atoms with E-state index < -0.39 is 11.5 Å². The Morgan fingerprint density at radius 1 is 0.269 bits per heavy atom. The molecule has 0 spiro atoms. The van der Waals surface area contributed by atoms with Gasteiger partial charge in [-0.15, -0.1) is 22.7 Å². The van der Waals surface area contributed by atoms with Crippen LogP contribution in [0.25, 0.3) is 140 Å². The first-order valence-electron chi connectivity index (χ1n) is 39.8. The van der Waals surface area contributed by atoms with Crippen LogP contribution in [0.2, 0.25) is 0 Å². The molecule has 108 heavy (non-hydrogen) atoms. The van der Waals surface area contributed by atoms with Crippen LogP contribution in [0.15, 0.2) is 334 Å². The lowest BCUT2D eigenvalue weighted by atomic mass is 9.79. The lowest BCUT2D eigenvalue weighted by Gasteiger charge is -2.35. The van der Waals surface area contributed by atoms with Gasteiger partial charge in [-0.1, -0.05) is 287 Å².